The lowest BCUT2D eigenvalue weighted by molar-refractivity contribution is -0.137. The summed E-state index contributed by atoms with van der Waals surface area (Å²) in [4.78, 5) is 31.8. The van der Waals surface area contributed by atoms with Crippen molar-refractivity contribution in [2.24, 2.45) is 10.1 Å². The van der Waals surface area contributed by atoms with Crippen molar-refractivity contribution < 1.29 is 32.6 Å². The first-order valence-corrected chi connectivity index (χ1v) is 15.6. The summed E-state index contributed by atoms with van der Waals surface area (Å²) in [6, 6.07) is 2.21. The van der Waals surface area contributed by atoms with Crippen LogP contribution in [0.15, 0.2) is 51.3 Å². The second-order valence-electron chi connectivity index (χ2n) is 10.5. The van der Waals surface area contributed by atoms with Gasteiger partial charge in [-0.15, -0.1) is 0 Å². The maximum atomic E-state index is 13.5. The lowest BCUT2D eigenvalue weighted by Gasteiger charge is -2.37. The van der Waals surface area contributed by atoms with Gasteiger partial charge in [-0.2, -0.15) is 18.3 Å². The van der Waals surface area contributed by atoms with Crippen LogP contribution in [0.1, 0.15) is 38.2 Å². The summed E-state index contributed by atoms with van der Waals surface area (Å²) < 4.78 is 45.9. The van der Waals surface area contributed by atoms with Gasteiger partial charge in [0, 0.05) is 50.9 Å². The predicted octanol–water partition coefficient (Wildman–Crippen LogP) is 4.10. The third-order valence-corrected chi connectivity index (χ3v) is 8.62. The fraction of sp³-hybridized carbons (Fsp3) is 0.533. The standard InChI is InChI=1S/C23H31F3N6O3S.C7H11NO/c1-4-17(27-2)21(30-9-11-31(12-10-30)36-16-6-7-16)22(35)32(28-3)14-20(34)29-18-8-5-15(13-19(18)33)23(24,25)26;1-8-6-7-2-4-9-5-3-7/h5,8,13,16,27,33H,3-4,6-7,9-12,14H2,1-2H3,(H,29,34);2H,1,3-6H2/b21-17+;. The lowest BCUT2D eigenvalue weighted by Crippen LogP contribution is -2.48. The molecule has 3 N–H and O–H groups in total. The highest BCUT2D eigenvalue weighted by Crippen LogP contribution is 2.37. The number of hydrazone groups is 1. The van der Waals surface area contributed by atoms with Gasteiger partial charge in [0.15, 0.2) is 0 Å². The molecule has 11 nitrogen and oxygen atoms in total. The smallest absolute Gasteiger partial charge is 0.416 e. The molecule has 0 aromatic heterocycles. The number of phenolic OH excluding ortho intramolecular Hbond substituents is 1. The summed E-state index contributed by atoms with van der Waals surface area (Å²) in [7, 11) is 1.72. The molecule has 0 atom stereocenters. The number of hydrogen-bond acceptors (Lipinski definition) is 10. The van der Waals surface area contributed by atoms with Crippen molar-refractivity contribution in [3.63, 3.8) is 0 Å². The van der Waals surface area contributed by atoms with Gasteiger partial charge >= 0.3 is 6.18 Å². The minimum absolute atomic E-state index is 0.214. The fourth-order valence-corrected chi connectivity index (χ4v) is 5.76. The number of alkyl halides is 3. The van der Waals surface area contributed by atoms with Gasteiger partial charge in [-0.1, -0.05) is 24.9 Å². The molecule has 0 bridgehead atoms. The number of aromatic hydroxyl groups is 1. The third kappa shape index (κ3) is 11.1. The zero-order valence-electron chi connectivity index (χ0n) is 25.7. The highest BCUT2D eigenvalue weighted by atomic mass is 32.2. The number of nitrogens with zero attached hydrogens (tertiary/aromatic N) is 5. The van der Waals surface area contributed by atoms with Crippen LogP contribution in [-0.2, 0) is 20.5 Å². The molecule has 0 spiro atoms. The van der Waals surface area contributed by atoms with Gasteiger partial charge in [-0.3, -0.25) is 14.6 Å². The number of nitrogens with one attached hydrogen (secondary N) is 2. The van der Waals surface area contributed by atoms with Crippen LogP contribution in [0, 0.1) is 0 Å². The van der Waals surface area contributed by atoms with Crippen LogP contribution in [0.5, 0.6) is 5.75 Å². The average Bonchev–Trinajstić information content (AvgIpc) is 3.84. The molecule has 1 aromatic rings. The van der Waals surface area contributed by atoms with Crippen LogP contribution in [-0.4, -0.2) is 109 Å². The van der Waals surface area contributed by atoms with Crippen molar-refractivity contribution in [2.45, 2.75) is 44.0 Å². The molecule has 1 aromatic carbocycles. The van der Waals surface area contributed by atoms with Crippen LogP contribution in [0.25, 0.3) is 0 Å². The van der Waals surface area contributed by atoms with Crippen molar-refractivity contribution in [1.29, 1.82) is 0 Å². The topological polar surface area (TPSA) is 122 Å². The van der Waals surface area contributed by atoms with Gasteiger partial charge in [0.1, 0.15) is 18.0 Å². The molecule has 4 rings (SSSR count). The second kappa shape index (κ2) is 17.2. The highest BCUT2D eigenvalue weighted by molar-refractivity contribution is 7.97. The normalized spacial score (nSPS) is 17.6. The van der Waals surface area contributed by atoms with E-state index in [1.807, 2.05) is 23.8 Å². The van der Waals surface area contributed by atoms with Crippen molar-refractivity contribution in [2.75, 3.05) is 64.8 Å². The molecule has 2 fully saturated rings. The fourth-order valence-electron chi connectivity index (χ4n) is 4.62. The Balaban J connectivity index is 0.000000525. The number of carbonyl (C=O) groups excluding carboxylic acids is 2. The number of aliphatic imine (C=N–C) groups is 1. The molecule has 1 saturated heterocycles. The predicted molar refractivity (Wildman–Crippen MR) is 171 cm³/mol. The Morgan fingerprint density at radius 2 is 1.91 bits per heavy atom. The summed E-state index contributed by atoms with van der Waals surface area (Å²) in [5, 5.41) is 20.6. The number of piperazine rings is 1. The van der Waals surface area contributed by atoms with Gasteiger partial charge in [0.05, 0.1) is 31.0 Å². The van der Waals surface area contributed by atoms with Gasteiger partial charge in [-0.05, 0) is 56.2 Å². The number of rotatable bonds is 12. The number of hydrogen-bond donors (Lipinski definition) is 3. The van der Waals surface area contributed by atoms with E-state index in [1.54, 1.807) is 7.05 Å². The first-order valence-electron chi connectivity index (χ1n) is 14.7. The van der Waals surface area contributed by atoms with Crippen molar-refractivity contribution in [3.05, 3.63) is 46.8 Å². The number of halogens is 3. The van der Waals surface area contributed by atoms with E-state index >= 15 is 0 Å². The van der Waals surface area contributed by atoms with Crippen molar-refractivity contribution in [3.8, 4) is 5.75 Å². The zero-order valence-corrected chi connectivity index (χ0v) is 26.6. The molecule has 2 amide bonds. The summed E-state index contributed by atoms with van der Waals surface area (Å²) in [5.41, 5.74) is 1.18. The Labute approximate surface area is 266 Å². The van der Waals surface area contributed by atoms with Crippen LogP contribution in [0.2, 0.25) is 0 Å². The Hall–Kier alpha value is -3.56. The maximum absolute atomic E-state index is 13.5. The number of benzene rings is 1. The number of allylic oxidation sites excluding steroid dienone is 1. The van der Waals surface area contributed by atoms with E-state index < -0.39 is 35.8 Å². The largest absolute Gasteiger partial charge is 0.506 e. The van der Waals surface area contributed by atoms with E-state index in [0.29, 0.717) is 42.2 Å². The maximum Gasteiger partial charge on any atom is 0.416 e. The quantitative estimate of drug-likeness (QED) is 0.0771. The van der Waals surface area contributed by atoms with Crippen LogP contribution < -0.4 is 10.6 Å². The Bertz CT molecular complexity index is 1260. The molecule has 248 valence electrons. The number of amides is 2. The lowest BCUT2D eigenvalue weighted by atomic mass is 10.1. The van der Waals surface area contributed by atoms with E-state index in [1.165, 1.54) is 18.4 Å². The third-order valence-electron chi connectivity index (χ3n) is 7.19. The van der Waals surface area contributed by atoms with Gasteiger partial charge in [-0.25, -0.2) is 9.31 Å². The van der Waals surface area contributed by atoms with E-state index in [2.05, 4.69) is 44.5 Å². The average molecular weight is 654 g/mol. The van der Waals surface area contributed by atoms with Crippen LogP contribution >= 0.6 is 11.9 Å². The molecule has 0 radical (unpaired) electrons. The van der Waals surface area contributed by atoms with E-state index in [9.17, 15) is 27.9 Å². The Kier molecular flexibility index (Phi) is 13.7. The number of ether oxygens (including phenoxy) is 1. The van der Waals surface area contributed by atoms with Gasteiger partial charge in [0.2, 0.25) is 5.91 Å². The number of anilines is 1. The minimum Gasteiger partial charge on any atom is -0.506 e. The molecule has 2 heterocycles. The van der Waals surface area contributed by atoms with E-state index in [0.717, 1.165) is 56.4 Å². The molecule has 1 saturated carbocycles. The second-order valence-corrected chi connectivity index (χ2v) is 11.9. The molecule has 1 aliphatic carbocycles. The van der Waals surface area contributed by atoms with E-state index in [-0.39, 0.29) is 5.69 Å². The monoisotopic (exact) mass is 653 g/mol. The summed E-state index contributed by atoms with van der Waals surface area (Å²) in [6.45, 7) is 13.4. The molecular weight excluding hydrogens is 611 g/mol. The molecule has 2 aliphatic heterocycles. The SMILES string of the molecule is C=NCC1=CCOCC1.C=NN(CC(=O)Nc1ccc(C(F)(F)F)cc1O)C(=O)/C(=C(/CC)NC)N1CCN(SC2CC2)CC1. The highest BCUT2D eigenvalue weighted by Gasteiger charge is 2.33. The van der Waals surface area contributed by atoms with Gasteiger partial charge in [0.25, 0.3) is 5.91 Å². The first-order chi connectivity index (χ1) is 21.5. The van der Waals surface area contributed by atoms with Crippen molar-refractivity contribution >= 4 is 42.9 Å². The molecule has 45 heavy (non-hydrogen) atoms. The Morgan fingerprint density at radius 3 is 2.42 bits per heavy atom. The number of phenols is 1. The summed E-state index contributed by atoms with van der Waals surface area (Å²) in [6.07, 6.45) is 1.49. The molecular formula is C30H42F3N7O4S. The molecule has 15 heteroatoms. The molecule has 0 unspecified atom stereocenters. The minimum atomic E-state index is -4.63. The zero-order chi connectivity index (χ0) is 33.0. The van der Waals surface area contributed by atoms with Crippen LogP contribution in [0.4, 0.5) is 18.9 Å². The van der Waals surface area contributed by atoms with Crippen LogP contribution in [0.3, 0.4) is 0 Å². The van der Waals surface area contributed by atoms with Crippen molar-refractivity contribution in [1.82, 2.24) is 19.5 Å². The summed E-state index contributed by atoms with van der Waals surface area (Å²) >= 11 is 1.87. The van der Waals surface area contributed by atoms with Gasteiger partial charge < -0.3 is 25.4 Å². The first kappa shape index (κ1) is 35.9. The molecule has 3 aliphatic rings. The van der Waals surface area contributed by atoms with E-state index in [4.69, 9.17) is 4.74 Å². The Morgan fingerprint density at radius 1 is 1.20 bits per heavy atom. The summed E-state index contributed by atoms with van der Waals surface area (Å²) in [5.74, 6) is -2.02. The number of carbonyl (C=O) groups is 2.